The van der Waals surface area contributed by atoms with Gasteiger partial charge in [0.25, 0.3) is 0 Å². The van der Waals surface area contributed by atoms with Gasteiger partial charge in [-0.1, -0.05) is 34.5 Å². The Morgan fingerprint density at radius 1 is 1.19 bits per heavy atom. The van der Waals surface area contributed by atoms with E-state index in [2.05, 4.69) is 38.3 Å². The molecule has 2 aliphatic rings. The molecule has 4 rings (SSSR count). The zero-order valence-corrected chi connectivity index (χ0v) is 16.5. The number of likely N-dealkylation sites (tertiary alicyclic amines) is 1. The standard InChI is InChI=1S/C21H25BrN2O2/c22-17-7-4-6-16(14-17)21(9-10-21)20(25)23-15-18(19-8-5-13-26-19)24-11-2-1-3-12-24/h4-8,13-14,18H,1-3,9-12,15H2,(H,23,25). The molecule has 5 heteroatoms. The average molecular weight is 417 g/mol. The van der Waals surface area contributed by atoms with Gasteiger partial charge in [0.05, 0.1) is 17.7 Å². The number of halogens is 1. The number of hydrogen-bond donors (Lipinski definition) is 1. The van der Waals surface area contributed by atoms with Crippen LogP contribution in [0.25, 0.3) is 0 Å². The van der Waals surface area contributed by atoms with Crippen molar-refractivity contribution in [3.63, 3.8) is 0 Å². The normalized spacial score (nSPS) is 20.5. The lowest BCUT2D eigenvalue weighted by Gasteiger charge is -2.33. The minimum atomic E-state index is -0.348. The highest BCUT2D eigenvalue weighted by atomic mass is 79.9. The van der Waals surface area contributed by atoms with Crippen LogP contribution in [0.1, 0.15) is 49.5 Å². The zero-order chi connectivity index (χ0) is 18.0. The van der Waals surface area contributed by atoms with Crippen LogP contribution < -0.4 is 5.32 Å². The molecule has 1 aromatic carbocycles. The summed E-state index contributed by atoms with van der Waals surface area (Å²) < 4.78 is 6.71. The molecule has 2 aromatic rings. The predicted molar refractivity (Wildman–Crippen MR) is 105 cm³/mol. The Bertz CT molecular complexity index is 749. The van der Waals surface area contributed by atoms with E-state index < -0.39 is 0 Å². The molecule has 26 heavy (non-hydrogen) atoms. The summed E-state index contributed by atoms with van der Waals surface area (Å²) in [5.74, 6) is 1.09. The molecule has 2 heterocycles. The quantitative estimate of drug-likeness (QED) is 0.757. The number of nitrogens with zero attached hydrogens (tertiary/aromatic N) is 1. The topological polar surface area (TPSA) is 45.5 Å². The number of carbonyl (C=O) groups excluding carboxylic acids is 1. The third-order valence-electron chi connectivity index (χ3n) is 5.72. The van der Waals surface area contributed by atoms with E-state index in [1.54, 1.807) is 6.26 Å². The highest BCUT2D eigenvalue weighted by Crippen LogP contribution is 2.49. The molecule has 1 aromatic heterocycles. The minimum absolute atomic E-state index is 0.118. The van der Waals surface area contributed by atoms with Crippen LogP contribution in [0.2, 0.25) is 0 Å². The monoisotopic (exact) mass is 416 g/mol. The first kappa shape index (κ1) is 17.8. The number of hydrogen-bond acceptors (Lipinski definition) is 3. The molecule has 138 valence electrons. The van der Waals surface area contributed by atoms with E-state index in [0.29, 0.717) is 6.54 Å². The summed E-state index contributed by atoms with van der Waals surface area (Å²) in [4.78, 5) is 15.5. The molecular weight excluding hydrogens is 392 g/mol. The number of rotatable bonds is 6. The summed E-state index contributed by atoms with van der Waals surface area (Å²) in [6.45, 7) is 2.73. The predicted octanol–water partition coefficient (Wildman–Crippen LogP) is 4.42. The average Bonchev–Trinajstić information content (AvgIpc) is 3.31. The van der Waals surface area contributed by atoms with Gasteiger partial charge < -0.3 is 9.73 Å². The minimum Gasteiger partial charge on any atom is -0.468 e. The van der Waals surface area contributed by atoms with Crippen LogP contribution in [0, 0.1) is 0 Å². The number of furan rings is 1. The molecule has 0 radical (unpaired) electrons. The van der Waals surface area contributed by atoms with Gasteiger partial charge in [0.15, 0.2) is 0 Å². The Morgan fingerprint density at radius 3 is 2.65 bits per heavy atom. The van der Waals surface area contributed by atoms with Crippen molar-refractivity contribution in [2.24, 2.45) is 0 Å². The molecule has 1 N–H and O–H groups in total. The summed E-state index contributed by atoms with van der Waals surface area (Å²) in [6.07, 6.45) is 7.28. The van der Waals surface area contributed by atoms with Crippen molar-refractivity contribution in [3.8, 4) is 0 Å². The molecule has 1 saturated heterocycles. The fraction of sp³-hybridized carbons (Fsp3) is 0.476. The summed E-state index contributed by atoms with van der Waals surface area (Å²) in [6, 6.07) is 12.2. The van der Waals surface area contributed by atoms with Crippen molar-refractivity contribution >= 4 is 21.8 Å². The van der Waals surface area contributed by atoms with Crippen LogP contribution >= 0.6 is 15.9 Å². The second-order valence-corrected chi connectivity index (χ2v) is 8.35. The van der Waals surface area contributed by atoms with Gasteiger partial charge in [-0.25, -0.2) is 0 Å². The molecule has 1 atom stereocenters. The number of amides is 1. The number of benzene rings is 1. The van der Waals surface area contributed by atoms with Gasteiger partial charge in [0.2, 0.25) is 5.91 Å². The highest BCUT2D eigenvalue weighted by Gasteiger charge is 2.51. The second kappa shape index (κ2) is 7.57. The van der Waals surface area contributed by atoms with E-state index in [1.807, 2.05) is 24.3 Å². The van der Waals surface area contributed by atoms with Crippen LogP contribution in [0.4, 0.5) is 0 Å². The van der Waals surface area contributed by atoms with Crippen molar-refractivity contribution in [3.05, 3.63) is 58.5 Å². The van der Waals surface area contributed by atoms with Gasteiger partial charge in [-0.15, -0.1) is 0 Å². The van der Waals surface area contributed by atoms with Gasteiger partial charge in [0, 0.05) is 11.0 Å². The summed E-state index contributed by atoms with van der Waals surface area (Å²) in [5.41, 5.74) is 0.760. The molecule has 4 nitrogen and oxygen atoms in total. The highest BCUT2D eigenvalue weighted by molar-refractivity contribution is 9.10. The summed E-state index contributed by atoms with van der Waals surface area (Å²) >= 11 is 3.52. The number of nitrogens with one attached hydrogen (secondary N) is 1. The fourth-order valence-electron chi connectivity index (χ4n) is 4.04. The van der Waals surface area contributed by atoms with Gasteiger partial charge >= 0.3 is 0 Å². The van der Waals surface area contributed by atoms with Crippen molar-refractivity contribution in [2.75, 3.05) is 19.6 Å². The Labute approximate surface area is 163 Å². The van der Waals surface area contributed by atoms with Crippen molar-refractivity contribution in [2.45, 2.75) is 43.6 Å². The second-order valence-electron chi connectivity index (χ2n) is 7.43. The lowest BCUT2D eigenvalue weighted by molar-refractivity contribution is -0.123. The SMILES string of the molecule is O=C(NCC(c1ccco1)N1CCCCC1)C1(c2cccc(Br)c2)CC1. The molecule has 1 saturated carbocycles. The Hall–Kier alpha value is -1.59. The van der Waals surface area contributed by atoms with Crippen LogP contribution in [-0.4, -0.2) is 30.4 Å². The third kappa shape index (κ3) is 3.60. The first-order valence-corrected chi connectivity index (χ1v) is 10.3. The largest absolute Gasteiger partial charge is 0.468 e. The Morgan fingerprint density at radius 2 is 2.00 bits per heavy atom. The maximum atomic E-state index is 13.0. The summed E-state index contributed by atoms with van der Waals surface area (Å²) in [5, 5.41) is 3.23. The van der Waals surface area contributed by atoms with Crippen molar-refractivity contribution < 1.29 is 9.21 Å². The molecule has 0 bridgehead atoms. The third-order valence-corrected chi connectivity index (χ3v) is 6.21. The van der Waals surface area contributed by atoms with E-state index in [-0.39, 0.29) is 17.4 Å². The molecule has 2 fully saturated rings. The number of carbonyl (C=O) groups is 1. The van der Waals surface area contributed by atoms with E-state index in [1.165, 1.54) is 19.3 Å². The van der Waals surface area contributed by atoms with Crippen LogP contribution in [0.15, 0.2) is 51.6 Å². The molecule has 0 spiro atoms. The van der Waals surface area contributed by atoms with Crippen LogP contribution in [0.3, 0.4) is 0 Å². The van der Waals surface area contributed by atoms with Crippen molar-refractivity contribution in [1.29, 1.82) is 0 Å². The van der Waals surface area contributed by atoms with E-state index in [4.69, 9.17) is 4.42 Å². The van der Waals surface area contributed by atoms with Gasteiger partial charge in [-0.05, 0) is 68.6 Å². The molecule has 1 unspecified atom stereocenters. The van der Waals surface area contributed by atoms with Gasteiger partial charge in [0.1, 0.15) is 5.76 Å². The Balaban J connectivity index is 1.46. The van der Waals surface area contributed by atoms with Crippen LogP contribution in [0.5, 0.6) is 0 Å². The van der Waals surface area contributed by atoms with Gasteiger partial charge in [-0.2, -0.15) is 0 Å². The molecular formula is C21H25BrN2O2. The maximum absolute atomic E-state index is 13.0. The van der Waals surface area contributed by atoms with E-state index in [0.717, 1.165) is 41.7 Å². The molecule has 1 aliphatic carbocycles. The van der Waals surface area contributed by atoms with Gasteiger partial charge in [-0.3, -0.25) is 9.69 Å². The van der Waals surface area contributed by atoms with E-state index >= 15 is 0 Å². The van der Waals surface area contributed by atoms with Crippen molar-refractivity contribution in [1.82, 2.24) is 10.2 Å². The molecule has 1 amide bonds. The maximum Gasteiger partial charge on any atom is 0.230 e. The zero-order valence-electron chi connectivity index (χ0n) is 14.9. The van der Waals surface area contributed by atoms with Crippen LogP contribution in [-0.2, 0) is 10.2 Å². The Kier molecular flexibility index (Phi) is 5.18. The van der Waals surface area contributed by atoms with E-state index in [9.17, 15) is 4.79 Å². The summed E-state index contributed by atoms with van der Waals surface area (Å²) in [7, 11) is 0. The fourth-order valence-corrected chi connectivity index (χ4v) is 4.44. The molecule has 1 aliphatic heterocycles. The lowest BCUT2D eigenvalue weighted by atomic mass is 9.95. The smallest absolute Gasteiger partial charge is 0.230 e. The number of piperidine rings is 1. The first-order chi connectivity index (χ1) is 12.7. The lowest BCUT2D eigenvalue weighted by Crippen LogP contribution is -2.43. The first-order valence-electron chi connectivity index (χ1n) is 9.51.